The summed E-state index contributed by atoms with van der Waals surface area (Å²) < 4.78 is 0. The molecule has 0 unspecified atom stereocenters. The van der Waals surface area contributed by atoms with E-state index in [1.54, 1.807) is 0 Å². The fourth-order valence-electron chi connectivity index (χ4n) is 2.77. The van der Waals surface area contributed by atoms with Gasteiger partial charge in [0.2, 0.25) is 0 Å². The maximum absolute atomic E-state index is 10.5. The van der Waals surface area contributed by atoms with E-state index in [1.807, 2.05) is 0 Å². The van der Waals surface area contributed by atoms with Gasteiger partial charge in [-0.15, -0.1) is 0 Å². The fourth-order valence-corrected chi connectivity index (χ4v) is 2.77. The van der Waals surface area contributed by atoms with Gasteiger partial charge < -0.3 is 9.59 Å². The zero-order valence-electron chi connectivity index (χ0n) is 6.40. The molecular weight excluding hydrogens is 140 g/mol. The predicted molar refractivity (Wildman–Crippen MR) is 39.9 cm³/mol. The van der Waals surface area contributed by atoms with E-state index in [0.717, 1.165) is 31.8 Å². The van der Waals surface area contributed by atoms with Crippen molar-refractivity contribution in [2.24, 2.45) is 23.7 Å². The summed E-state index contributed by atoms with van der Waals surface area (Å²) in [5.74, 6) is 1.47. The standard InChI is InChI=1S/C9H12O2/c10-4-7-1-6-2-8(5-11)9(7)3-6/h4-9H,1-3H2/t6-,7+,8-,9+. The first-order chi connectivity index (χ1) is 5.35. The second kappa shape index (κ2) is 2.43. The van der Waals surface area contributed by atoms with Gasteiger partial charge in [0.1, 0.15) is 12.6 Å². The van der Waals surface area contributed by atoms with Crippen molar-refractivity contribution >= 4 is 12.6 Å². The third-order valence-electron chi connectivity index (χ3n) is 3.27. The molecule has 0 N–H and O–H groups in total. The highest BCUT2D eigenvalue weighted by Gasteiger charge is 2.45. The molecule has 4 atom stereocenters. The Morgan fingerprint density at radius 3 is 1.82 bits per heavy atom. The van der Waals surface area contributed by atoms with E-state index >= 15 is 0 Å². The summed E-state index contributed by atoms with van der Waals surface area (Å²) in [5.41, 5.74) is 0. The zero-order chi connectivity index (χ0) is 7.84. The summed E-state index contributed by atoms with van der Waals surface area (Å²) >= 11 is 0. The van der Waals surface area contributed by atoms with Gasteiger partial charge in [0.25, 0.3) is 0 Å². The van der Waals surface area contributed by atoms with Crippen LogP contribution in [0.3, 0.4) is 0 Å². The quantitative estimate of drug-likeness (QED) is 0.554. The van der Waals surface area contributed by atoms with E-state index in [1.165, 1.54) is 0 Å². The lowest BCUT2D eigenvalue weighted by Crippen LogP contribution is -2.21. The molecular formula is C9H12O2. The Kier molecular flexibility index (Phi) is 1.55. The van der Waals surface area contributed by atoms with Crippen LogP contribution in [0.5, 0.6) is 0 Å². The average Bonchev–Trinajstić information content (AvgIpc) is 2.60. The summed E-state index contributed by atoms with van der Waals surface area (Å²) in [6.45, 7) is 0. The number of fused-ring (bicyclic) bond motifs is 2. The lowest BCUT2D eigenvalue weighted by atomic mass is 9.82. The van der Waals surface area contributed by atoms with Crippen LogP contribution in [0.1, 0.15) is 19.3 Å². The van der Waals surface area contributed by atoms with Gasteiger partial charge in [-0.3, -0.25) is 0 Å². The van der Waals surface area contributed by atoms with Gasteiger partial charge in [0, 0.05) is 11.8 Å². The Balaban J connectivity index is 2.13. The average molecular weight is 152 g/mol. The van der Waals surface area contributed by atoms with Crippen molar-refractivity contribution in [3.05, 3.63) is 0 Å². The minimum absolute atomic E-state index is 0.198. The van der Waals surface area contributed by atoms with Gasteiger partial charge in [0.05, 0.1) is 0 Å². The minimum atomic E-state index is 0.198. The molecule has 0 aromatic rings. The van der Waals surface area contributed by atoms with Crippen molar-refractivity contribution in [1.82, 2.24) is 0 Å². The molecule has 2 fully saturated rings. The third-order valence-corrected chi connectivity index (χ3v) is 3.27. The summed E-state index contributed by atoms with van der Waals surface area (Å²) in [5, 5.41) is 0. The Labute approximate surface area is 66.0 Å². The van der Waals surface area contributed by atoms with Crippen molar-refractivity contribution < 1.29 is 9.59 Å². The van der Waals surface area contributed by atoms with Crippen LogP contribution in [0.15, 0.2) is 0 Å². The number of carbonyl (C=O) groups is 2. The van der Waals surface area contributed by atoms with Gasteiger partial charge in [-0.25, -0.2) is 0 Å². The SMILES string of the molecule is O=C[C@@H]1C[C@H]2C[C@@H]1[C@@H](C=O)C2. The maximum Gasteiger partial charge on any atom is 0.123 e. The van der Waals surface area contributed by atoms with Crippen LogP contribution >= 0.6 is 0 Å². The van der Waals surface area contributed by atoms with Crippen molar-refractivity contribution in [3.63, 3.8) is 0 Å². The van der Waals surface area contributed by atoms with Crippen LogP contribution in [0, 0.1) is 23.7 Å². The topological polar surface area (TPSA) is 34.1 Å². The predicted octanol–water partition coefficient (Wildman–Crippen LogP) is 1.05. The largest absolute Gasteiger partial charge is 0.303 e. The molecule has 60 valence electrons. The number of hydrogen-bond acceptors (Lipinski definition) is 2. The normalized spacial score (nSPS) is 47.6. The van der Waals surface area contributed by atoms with Crippen molar-refractivity contribution in [2.75, 3.05) is 0 Å². The second-order valence-corrected chi connectivity index (χ2v) is 3.84. The van der Waals surface area contributed by atoms with Gasteiger partial charge in [-0.1, -0.05) is 0 Å². The van der Waals surface area contributed by atoms with E-state index in [4.69, 9.17) is 0 Å². The molecule has 2 rings (SSSR count). The van der Waals surface area contributed by atoms with Crippen LogP contribution in [0.4, 0.5) is 0 Å². The van der Waals surface area contributed by atoms with Crippen LogP contribution in [-0.4, -0.2) is 12.6 Å². The molecule has 0 aromatic carbocycles. The lowest BCUT2D eigenvalue weighted by Gasteiger charge is -2.20. The highest BCUT2D eigenvalue weighted by atomic mass is 16.1. The molecule has 11 heavy (non-hydrogen) atoms. The monoisotopic (exact) mass is 152 g/mol. The molecule has 0 aromatic heterocycles. The van der Waals surface area contributed by atoms with Gasteiger partial charge in [-0.05, 0) is 31.1 Å². The fraction of sp³-hybridized carbons (Fsp3) is 0.778. The zero-order valence-corrected chi connectivity index (χ0v) is 6.40. The highest BCUT2D eigenvalue weighted by molar-refractivity contribution is 5.61. The Hall–Kier alpha value is -0.660. The molecule has 2 bridgehead atoms. The van der Waals surface area contributed by atoms with E-state index in [-0.39, 0.29) is 11.8 Å². The molecule has 2 aliphatic rings. The Morgan fingerprint density at radius 1 is 0.909 bits per heavy atom. The van der Waals surface area contributed by atoms with Gasteiger partial charge in [0.15, 0.2) is 0 Å². The van der Waals surface area contributed by atoms with Gasteiger partial charge in [-0.2, -0.15) is 0 Å². The summed E-state index contributed by atoms with van der Waals surface area (Å²) in [4.78, 5) is 21.1. The molecule has 0 radical (unpaired) electrons. The number of hydrogen-bond donors (Lipinski definition) is 0. The highest BCUT2D eigenvalue weighted by Crippen LogP contribution is 2.50. The van der Waals surface area contributed by atoms with E-state index in [9.17, 15) is 9.59 Å². The van der Waals surface area contributed by atoms with Crippen molar-refractivity contribution in [2.45, 2.75) is 19.3 Å². The summed E-state index contributed by atoms with van der Waals surface area (Å²) in [6.07, 6.45) is 5.28. The Morgan fingerprint density at radius 2 is 1.45 bits per heavy atom. The maximum atomic E-state index is 10.5. The Bertz CT molecular complexity index is 170. The molecule has 0 saturated heterocycles. The molecule has 2 nitrogen and oxygen atoms in total. The van der Waals surface area contributed by atoms with Crippen LogP contribution < -0.4 is 0 Å². The molecule has 0 aliphatic heterocycles. The third kappa shape index (κ3) is 0.924. The number of aldehydes is 2. The van der Waals surface area contributed by atoms with Crippen LogP contribution in [0.25, 0.3) is 0 Å². The summed E-state index contributed by atoms with van der Waals surface area (Å²) in [6, 6.07) is 0. The molecule has 2 saturated carbocycles. The van der Waals surface area contributed by atoms with E-state index < -0.39 is 0 Å². The number of carbonyl (C=O) groups excluding carboxylic acids is 2. The van der Waals surface area contributed by atoms with Gasteiger partial charge >= 0.3 is 0 Å². The molecule has 0 heterocycles. The van der Waals surface area contributed by atoms with E-state index in [0.29, 0.717) is 11.8 Å². The van der Waals surface area contributed by atoms with E-state index in [2.05, 4.69) is 0 Å². The summed E-state index contributed by atoms with van der Waals surface area (Å²) in [7, 11) is 0. The van der Waals surface area contributed by atoms with Crippen molar-refractivity contribution in [1.29, 1.82) is 0 Å². The number of rotatable bonds is 2. The lowest BCUT2D eigenvalue weighted by molar-refractivity contribution is -0.116. The minimum Gasteiger partial charge on any atom is -0.303 e. The molecule has 0 spiro atoms. The first-order valence-electron chi connectivity index (χ1n) is 4.25. The van der Waals surface area contributed by atoms with Crippen molar-refractivity contribution in [3.8, 4) is 0 Å². The first kappa shape index (κ1) is 7.01. The van der Waals surface area contributed by atoms with Crippen LogP contribution in [0.2, 0.25) is 0 Å². The molecule has 0 amide bonds. The second-order valence-electron chi connectivity index (χ2n) is 3.84. The smallest absolute Gasteiger partial charge is 0.123 e. The molecule has 2 aliphatic carbocycles. The molecule has 2 heteroatoms. The first-order valence-corrected chi connectivity index (χ1v) is 4.25. The van der Waals surface area contributed by atoms with Crippen LogP contribution in [-0.2, 0) is 9.59 Å².